The first kappa shape index (κ1) is 26.0. The van der Waals surface area contributed by atoms with Crippen LogP contribution in [-0.4, -0.2) is 49.5 Å². The van der Waals surface area contributed by atoms with E-state index in [1.54, 1.807) is 6.08 Å². The summed E-state index contributed by atoms with van der Waals surface area (Å²) in [6.45, 7) is 0. The number of methoxy groups -OCH3 is 3. The molecule has 2 rings (SSSR count). The number of hydrogen-bond acceptors (Lipinski definition) is 6. The molecular formula is C23H22Cl2O8. The molecule has 0 amide bonds. The van der Waals surface area contributed by atoms with Gasteiger partial charge in [-0.1, -0.05) is 29.3 Å². The second-order valence-electron chi connectivity index (χ2n) is 6.77. The van der Waals surface area contributed by atoms with Crippen molar-refractivity contribution in [1.29, 1.82) is 0 Å². The van der Waals surface area contributed by atoms with Gasteiger partial charge in [0.25, 0.3) is 0 Å². The number of benzene rings is 2. The fourth-order valence-electron chi connectivity index (χ4n) is 3.23. The van der Waals surface area contributed by atoms with Crippen molar-refractivity contribution in [2.24, 2.45) is 0 Å². The van der Waals surface area contributed by atoms with Crippen molar-refractivity contribution < 1.29 is 38.8 Å². The molecule has 0 aliphatic heterocycles. The smallest absolute Gasteiger partial charge is 0.339 e. The predicted molar refractivity (Wildman–Crippen MR) is 123 cm³/mol. The zero-order valence-electron chi connectivity index (χ0n) is 18.1. The van der Waals surface area contributed by atoms with Gasteiger partial charge in [-0.2, -0.15) is 0 Å². The highest BCUT2D eigenvalue weighted by molar-refractivity contribution is 6.33. The zero-order valence-corrected chi connectivity index (χ0v) is 19.6. The Balaban J connectivity index is 2.70. The van der Waals surface area contributed by atoms with E-state index >= 15 is 0 Å². The van der Waals surface area contributed by atoms with Crippen molar-refractivity contribution in [1.82, 2.24) is 0 Å². The van der Waals surface area contributed by atoms with E-state index in [2.05, 4.69) is 4.74 Å². The molecular weight excluding hydrogens is 475 g/mol. The van der Waals surface area contributed by atoms with Gasteiger partial charge in [-0.05, 0) is 53.8 Å². The van der Waals surface area contributed by atoms with Gasteiger partial charge in [0.15, 0.2) is 11.5 Å². The molecule has 0 saturated heterocycles. The van der Waals surface area contributed by atoms with Crippen LogP contribution in [0.5, 0.6) is 11.5 Å². The van der Waals surface area contributed by atoms with Crippen LogP contribution in [0.15, 0.2) is 30.3 Å². The third-order valence-corrected chi connectivity index (χ3v) is 5.30. The van der Waals surface area contributed by atoms with Crippen molar-refractivity contribution >= 4 is 46.7 Å². The predicted octanol–water partition coefficient (Wildman–Crippen LogP) is 5.18. The molecule has 33 heavy (non-hydrogen) atoms. The lowest BCUT2D eigenvalue weighted by molar-refractivity contribution is -0.140. The Kier molecular flexibility index (Phi) is 9.13. The number of carboxylic acid groups (broad SMARTS) is 2. The Morgan fingerprint density at radius 1 is 0.848 bits per heavy atom. The minimum Gasteiger partial charge on any atom is -0.494 e. The van der Waals surface area contributed by atoms with Crippen LogP contribution >= 0.6 is 23.2 Å². The van der Waals surface area contributed by atoms with E-state index in [4.69, 9.17) is 32.7 Å². The Bertz CT molecular complexity index is 1030. The van der Waals surface area contributed by atoms with Gasteiger partial charge in [0.1, 0.15) is 11.1 Å². The summed E-state index contributed by atoms with van der Waals surface area (Å²) in [6.07, 6.45) is 2.77. The number of unbranched alkanes of at least 4 members (excludes halogenated alkanes) is 1. The number of carbonyl (C=O) groups excluding carboxylic acids is 1. The lowest BCUT2D eigenvalue weighted by Crippen LogP contribution is -2.05. The number of carbonyl (C=O) groups is 3. The van der Waals surface area contributed by atoms with E-state index < -0.39 is 11.9 Å². The van der Waals surface area contributed by atoms with Crippen molar-refractivity contribution in [3.63, 3.8) is 0 Å². The molecule has 0 bridgehead atoms. The highest BCUT2D eigenvalue weighted by Gasteiger charge is 2.21. The molecule has 0 aliphatic carbocycles. The second kappa shape index (κ2) is 11.6. The molecule has 176 valence electrons. The lowest BCUT2D eigenvalue weighted by Gasteiger charge is -2.16. The maximum absolute atomic E-state index is 11.8. The lowest BCUT2D eigenvalue weighted by atomic mass is 9.93. The van der Waals surface area contributed by atoms with Gasteiger partial charge in [0.2, 0.25) is 0 Å². The number of carboxylic acids is 2. The van der Waals surface area contributed by atoms with Crippen LogP contribution < -0.4 is 9.47 Å². The summed E-state index contributed by atoms with van der Waals surface area (Å²) in [5.41, 5.74) is 0.929. The van der Waals surface area contributed by atoms with Crippen LogP contribution in [0.2, 0.25) is 10.0 Å². The third-order valence-electron chi connectivity index (χ3n) is 4.74. The fourth-order valence-corrected chi connectivity index (χ4v) is 3.82. The van der Waals surface area contributed by atoms with Crippen LogP contribution in [0.25, 0.3) is 5.57 Å². The molecule has 0 saturated carbocycles. The normalized spacial score (nSPS) is 10.3. The Labute approximate surface area is 200 Å². The molecule has 10 heteroatoms. The Morgan fingerprint density at radius 2 is 1.30 bits per heavy atom. The Morgan fingerprint density at radius 3 is 1.67 bits per heavy atom. The van der Waals surface area contributed by atoms with Crippen molar-refractivity contribution in [3.8, 4) is 11.5 Å². The standard InChI is InChI=1S/C23H22Cl2O8/c1-31-19(26)7-5-4-6-14(12-8-15(22(27)28)20(32-2)17(24)10-12)13-9-16(23(29)30)21(33-3)18(25)11-13/h6,8-11H,4-5,7H2,1-3H3,(H,27,28)(H,29,30). The van der Waals surface area contributed by atoms with Gasteiger partial charge in [-0.15, -0.1) is 0 Å². The van der Waals surface area contributed by atoms with Crippen molar-refractivity contribution in [3.05, 3.63) is 62.6 Å². The van der Waals surface area contributed by atoms with Gasteiger partial charge >= 0.3 is 17.9 Å². The van der Waals surface area contributed by atoms with Gasteiger partial charge < -0.3 is 24.4 Å². The number of allylic oxidation sites excluding steroid dienone is 1. The van der Waals surface area contributed by atoms with E-state index in [0.29, 0.717) is 29.5 Å². The topological polar surface area (TPSA) is 119 Å². The van der Waals surface area contributed by atoms with Crippen LogP contribution in [0.1, 0.15) is 51.1 Å². The Hall–Kier alpha value is -3.23. The summed E-state index contributed by atoms with van der Waals surface area (Å²) in [5.74, 6) is -2.88. The average Bonchev–Trinajstić information content (AvgIpc) is 2.77. The van der Waals surface area contributed by atoms with E-state index in [9.17, 15) is 24.6 Å². The first-order valence-electron chi connectivity index (χ1n) is 9.63. The van der Waals surface area contributed by atoms with E-state index in [0.717, 1.165) is 0 Å². The molecule has 0 atom stereocenters. The van der Waals surface area contributed by atoms with Crippen LogP contribution in [0, 0.1) is 0 Å². The molecule has 0 spiro atoms. The monoisotopic (exact) mass is 496 g/mol. The second-order valence-corrected chi connectivity index (χ2v) is 7.59. The SMILES string of the molecule is COC(=O)CCCC=C(c1cc(Cl)c(OC)c(C(=O)O)c1)c1cc(Cl)c(OC)c(C(=O)O)c1. The first-order chi connectivity index (χ1) is 15.6. The van der Waals surface area contributed by atoms with Gasteiger partial charge in [0.05, 0.1) is 31.4 Å². The number of hydrogen-bond donors (Lipinski definition) is 2. The molecule has 0 fully saturated rings. The van der Waals surface area contributed by atoms with Crippen LogP contribution in [-0.2, 0) is 9.53 Å². The number of esters is 1. The van der Waals surface area contributed by atoms with Crippen LogP contribution in [0.4, 0.5) is 0 Å². The summed E-state index contributed by atoms with van der Waals surface area (Å²) < 4.78 is 14.9. The molecule has 2 N–H and O–H groups in total. The molecule has 0 heterocycles. The summed E-state index contributed by atoms with van der Waals surface area (Å²) in [7, 11) is 3.90. The van der Waals surface area contributed by atoms with Gasteiger partial charge in [-0.25, -0.2) is 9.59 Å². The minimum absolute atomic E-state index is 0.00283. The van der Waals surface area contributed by atoms with E-state index in [1.165, 1.54) is 45.6 Å². The summed E-state index contributed by atoms with van der Waals surface area (Å²) >= 11 is 12.6. The summed E-state index contributed by atoms with van der Waals surface area (Å²) in [4.78, 5) is 35.0. The zero-order chi connectivity index (χ0) is 24.7. The molecule has 0 aliphatic rings. The molecule has 0 aromatic heterocycles. The number of rotatable bonds is 10. The van der Waals surface area contributed by atoms with Crippen LogP contribution in [0.3, 0.4) is 0 Å². The first-order valence-corrected chi connectivity index (χ1v) is 10.4. The van der Waals surface area contributed by atoms with E-state index in [-0.39, 0.29) is 45.1 Å². The van der Waals surface area contributed by atoms with Gasteiger partial charge in [-0.3, -0.25) is 4.79 Å². The number of aromatic carboxylic acids is 2. The van der Waals surface area contributed by atoms with E-state index in [1.807, 2.05) is 0 Å². The summed E-state index contributed by atoms with van der Waals surface area (Å²) in [6, 6.07) is 5.77. The fraction of sp³-hybridized carbons (Fsp3) is 0.261. The average molecular weight is 497 g/mol. The van der Waals surface area contributed by atoms with Crippen molar-refractivity contribution in [2.75, 3.05) is 21.3 Å². The highest BCUT2D eigenvalue weighted by atomic mass is 35.5. The van der Waals surface area contributed by atoms with Gasteiger partial charge in [0, 0.05) is 6.42 Å². The molecule has 2 aromatic carbocycles. The summed E-state index contributed by atoms with van der Waals surface area (Å²) in [5, 5.41) is 19.3. The number of ether oxygens (including phenoxy) is 3. The molecule has 0 radical (unpaired) electrons. The number of halogens is 2. The molecule has 0 unspecified atom stereocenters. The molecule has 8 nitrogen and oxygen atoms in total. The molecule has 2 aromatic rings. The maximum atomic E-state index is 11.8. The third kappa shape index (κ3) is 6.18. The quantitative estimate of drug-likeness (QED) is 0.340. The maximum Gasteiger partial charge on any atom is 0.339 e. The highest BCUT2D eigenvalue weighted by Crippen LogP contribution is 2.38. The largest absolute Gasteiger partial charge is 0.494 e. The van der Waals surface area contributed by atoms with Crippen molar-refractivity contribution in [2.45, 2.75) is 19.3 Å². The minimum atomic E-state index is -1.25.